The molecule has 0 amide bonds. The second-order valence-electron chi connectivity index (χ2n) is 5.56. The molecule has 1 aromatic rings. The van der Waals surface area contributed by atoms with Gasteiger partial charge in [0.05, 0.1) is 29.4 Å². The number of pyridine rings is 1. The van der Waals surface area contributed by atoms with Crippen molar-refractivity contribution in [3.8, 4) is 5.88 Å². The minimum Gasteiger partial charge on any atom is -0.481 e. The molecule has 110 valence electrons. The Morgan fingerprint density at radius 1 is 1.40 bits per heavy atom. The van der Waals surface area contributed by atoms with Crippen molar-refractivity contribution >= 4 is 9.84 Å². The van der Waals surface area contributed by atoms with Crippen LogP contribution in [0.1, 0.15) is 31.2 Å². The predicted molar refractivity (Wildman–Crippen MR) is 69.6 cm³/mol. The second kappa shape index (κ2) is 4.39. The molecule has 2 saturated heterocycles. The standard InChI is InChI=1S/C13H16FNO4S/c1-19-12-11(4-8(14)7-15-12)13(16)5-9-2-3-10(6-13)20(9,17)18/h4,7,9-10,16H,2-3,5-6H2,1H3. The number of ether oxygens (including phenoxy) is 1. The van der Waals surface area contributed by atoms with Crippen molar-refractivity contribution in [2.45, 2.75) is 41.8 Å². The van der Waals surface area contributed by atoms with Gasteiger partial charge in [-0.25, -0.2) is 17.8 Å². The van der Waals surface area contributed by atoms with Crippen LogP contribution in [0.25, 0.3) is 0 Å². The fraction of sp³-hybridized carbons (Fsp3) is 0.615. The summed E-state index contributed by atoms with van der Waals surface area (Å²) in [6.07, 6.45) is 2.28. The van der Waals surface area contributed by atoms with Crippen molar-refractivity contribution in [1.82, 2.24) is 4.98 Å². The Hall–Kier alpha value is -1.21. The maximum atomic E-state index is 13.4. The van der Waals surface area contributed by atoms with Crippen LogP contribution in [0, 0.1) is 5.82 Å². The zero-order valence-electron chi connectivity index (χ0n) is 11.0. The van der Waals surface area contributed by atoms with Crippen LogP contribution in [-0.2, 0) is 15.4 Å². The predicted octanol–water partition coefficient (Wildman–Crippen LogP) is 1.16. The average molecular weight is 301 g/mol. The fourth-order valence-electron chi connectivity index (χ4n) is 3.39. The molecule has 20 heavy (non-hydrogen) atoms. The van der Waals surface area contributed by atoms with Crippen LogP contribution < -0.4 is 4.74 Å². The number of hydrogen-bond donors (Lipinski definition) is 1. The van der Waals surface area contributed by atoms with Crippen LogP contribution in [0.5, 0.6) is 5.88 Å². The molecule has 2 bridgehead atoms. The molecule has 2 aliphatic heterocycles. The number of halogens is 1. The Morgan fingerprint density at radius 2 is 2.00 bits per heavy atom. The van der Waals surface area contributed by atoms with Crippen LogP contribution in [0.3, 0.4) is 0 Å². The molecule has 0 aliphatic carbocycles. The van der Waals surface area contributed by atoms with Crippen LogP contribution in [-0.4, -0.2) is 36.1 Å². The van der Waals surface area contributed by atoms with Crippen molar-refractivity contribution < 1.29 is 22.7 Å². The molecular weight excluding hydrogens is 285 g/mol. The molecule has 0 spiro atoms. The lowest BCUT2D eigenvalue weighted by Crippen LogP contribution is -2.43. The smallest absolute Gasteiger partial charge is 0.219 e. The van der Waals surface area contributed by atoms with Gasteiger partial charge in [-0.3, -0.25) is 0 Å². The van der Waals surface area contributed by atoms with Gasteiger partial charge in [0.25, 0.3) is 0 Å². The topological polar surface area (TPSA) is 76.5 Å². The van der Waals surface area contributed by atoms with E-state index in [0.717, 1.165) is 6.20 Å². The molecule has 2 unspecified atom stereocenters. The maximum Gasteiger partial charge on any atom is 0.219 e. The number of aromatic nitrogens is 1. The molecule has 2 aliphatic rings. The zero-order chi connectivity index (χ0) is 14.5. The van der Waals surface area contributed by atoms with Gasteiger partial charge in [0.15, 0.2) is 9.84 Å². The average Bonchev–Trinajstić information content (AvgIpc) is 2.59. The molecule has 1 aromatic heterocycles. The Bertz CT molecular complexity index is 626. The summed E-state index contributed by atoms with van der Waals surface area (Å²) in [7, 11) is -1.76. The van der Waals surface area contributed by atoms with Crippen LogP contribution in [0.2, 0.25) is 0 Å². The summed E-state index contributed by atoms with van der Waals surface area (Å²) in [5.41, 5.74) is -1.15. The summed E-state index contributed by atoms with van der Waals surface area (Å²) in [5, 5.41) is 9.73. The van der Waals surface area contributed by atoms with E-state index in [1.165, 1.54) is 13.2 Å². The first-order valence-corrected chi connectivity index (χ1v) is 8.13. The highest BCUT2D eigenvalue weighted by Crippen LogP contribution is 2.49. The first-order valence-electron chi connectivity index (χ1n) is 6.52. The monoisotopic (exact) mass is 301 g/mol. The van der Waals surface area contributed by atoms with E-state index in [4.69, 9.17) is 4.74 Å². The van der Waals surface area contributed by atoms with Gasteiger partial charge in [0.2, 0.25) is 5.88 Å². The molecular formula is C13H16FNO4S. The zero-order valence-corrected chi connectivity index (χ0v) is 11.9. The van der Waals surface area contributed by atoms with Gasteiger partial charge in [0, 0.05) is 5.56 Å². The third-order valence-electron chi connectivity index (χ3n) is 4.38. The molecule has 3 heterocycles. The summed E-state index contributed by atoms with van der Waals surface area (Å²) in [6.45, 7) is 0. The molecule has 0 aromatic carbocycles. The quantitative estimate of drug-likeness (QED) is 0.887. The van der Waals surface area contributed by atoms with E-state index in [1.54, 1.807) is 0 Å². The van der Waals surface area contributed by atoms with Gasteiger partial charge in [-0.15, -0.1) is 0 Å². The van der Waals surface area contributed by atoms with Crippen molar-refractivity contribution in [2.75, 3.05) is 7.11 Å². The summed E-state index contributed by atoms with van der Waals surface area (Å²) in [6, 6.07) is 1.18. The van der Waals surface area contributed by atoms with E-state index in [-0.39, 0.29) is 24.3 Å². The van der Waals surface area contributed by atoms with Gasteiger partial charge in [0.1, 0.15) is 5.82 Å². The Balaban J connectivity index is 2.05. The highest BCUT2D eigenvalue weighted by atomic mass is 32.2. The minimum atomic E-state index is -3.15. The van der Waals surface area contributed by atoms with Crippen LogP contribution in [0.15, 0.2) is 12.3 Å². The third-order valence-corrected chi connectivity index (χ3v) is 7.05. The largest absolute Gasteiger partial charge is 0.481 e. The van der Waals surface area contributed by atoms with Gasteiger partial charge in [-0.05, 0) is 31.7 Å². The van der Waals surface area contributed by atoms with Crippen LogP contribution >= 0.6 is 0 Å². The van der Waals surface area contributed by atoms with Gasteiger partial charge in [-0.1, -0.05) is 0 Å². The number of rotatable bonds is 2. The number of methoxy groups -OCH3 is 1. The lowest BCUT2D eigenvalue weighted by Gasteiger charge is -2.36. The summed E-state index contributed by atoms with van der Waals surface area (Å²) in [5.74, 6) is -0.428. The molecule has 1 N–H and O–H groups in total. The van der Waals surface area contributed by atoms with E-state index in [9.17, 15) is 17.9 Å². The molecule has 7 heteroatoms. The maximum absolute atomic E-state index is 13.4. The number of fused-ring (bicyclic) bond motifs is 2. The number of aliphatic hydroxyl groups is 1. The highest BCUT2D eigenvalue weighted by Gasteiger charge is 2.54. The molecule has 5 nitrogen and oxygen atoms in total. The van der Waals surface area contributed by atoms with E-state index in [1.807, 2.05) is 0 Å². The number of sulfone groups is 1. The summed E-state index contributed by atoms with van der Waals surface area (Å²) >= 11 is 0. The van der Waals surface area contributed by atoms with Gasteiger partial charge >= 0.3 is 0 Å². The van der Waals surface area contributed by atoms with Crippen molar-refractivity contribution in [2.24, 2.45) is 0 Å². The van der Waals surface area contributed by atoms with E-state index in [2.05, 4.69) is 4.98 Å². The molecule has 2 atom stereocenters. The first-order chi connectivity index (χ1) is 9.37. The second-order valence-corrected chi connectivity index (χ2v) is 8.07. The molecule has 2 fully saturated rings. The fourth-order valence-corrected chi connectivity index (χ4v) is 5.88. The molecule has 0 saturated carbocycles. The number of nitrogens with zero attached hydrogens (tertiary/aromatic N) is 1. The van der Waals surface area contributed by atoms with E-state index >= 15 is 0 Å². The first kappa shape index (κ1) is 13.8. The van der Waals surface area contributed by atoms with E-state index in [0.29, 0.717) is 12.8 Å². The molecule has 3 rings (SSSR count). The summed E-state index contributed by atoms with van der Waals surface area (Å²) < 4.78 is 42.7. The Kier molecular flexibility index (Phi) is 3.02. The third kappa shape index (κ3) is 1.91. The highest BCUT2D eigenvalue weighted by molar-refractivity contribution is 7.93. The Labute approximate surface area is 116 Å². The summed E-state index contributed by atoms with van der Waals surface area (Å²) in [4.78, 5) is 3.82. The van der Waals surface area contributed by atoms with Gasteiger partial charge < -0.3 is 9.84 Å². The van der Waals surface area contributed by atoms with Crippen molar-refractivity contribution in [3.63, 3.8) is 0 Å². The van der Waals surface area contributed by atoms with Gasteiger partial charge in [-0.2, -0.15) is 0 Å². The van der Waals surface area contributed by atoms with E-state index < -0.39 is 31.8 Å². The van der Waals surface area contributed by atoms with Crippen molar-refractivity contribution in [1.29, 1.82) is 0 Å². The Morgan fingerprint density at radius 3 is 2.55 bits per heavy atom. The normalized spacial score (nSPS) is 35.0. The van der Waals surface area contributed by atoms with Crippen molar-refractivity contribution in [3.05, 3.63) is 23.6 Å². The molecule has 0 radical (unpaired) electrons. The number of hydrogen-bond acceptors (Lipinski definition) is 5. The van der Waals surface area contributed by atoms with Crippen LogP contribution in [0.4, 0.5) is 4.39 Å². The SMILES string of the molecule is COc1ncc(F)cc1C1(O)CC2CCC(C1)S2(=O)=O. The lowest BCUT2D eigenvalue weighted by molar-refractivity contribution is 0.0142. The lowest BCUT2D eigenvalue weighted by atomic mass is 9.86. The minimum absolute atomic E-state index is 0.0767.